The highest BCUT2D eigenvalue weighted by Gasteiger charge is 2.16. The predicted octanol–water partition coefficient (Wildman–Crippen LogP) is 2.90. The molecule has 1 atom stereocenters. The molecule has 1 aromatic carbocycles. The van der Waals surface area contributed by atoms with Gasteiger partial charge >= 0.3 is 0 Å². The molecular weight excluding hydrogens is 374 g/mol. The van der Waals surface area contributed by atoms with E-state index in [1.807, 2.05) is 12.1 Å². The summed E-state index contributed by atoms with van der Waals surface area (Å²) >= 11 is 5.73. The molecule has 6 nitrogen and oxygen atoms in total. The smallest absolute Gasteiger partial charge is 0.169 e. The molecule has 0 amide bonds. The van der Waals surface area contributed by atoms with Crippen LogP contribution in [0.1, 0.15) is 32.3 Å². The van der Waals surface area contributed by atoms with E-state index in [0.717, 1.165) is 74.4 Å². The van der Waals surface area contributed by atoms with Gasteiger partial charge in [0.25, 0.3) is 0 Å². The molecule has 1 N–H and O–H groups in total. The number of ether oxygens (including phenoxy) is 3. The average molecular weight is 410 g/mol. The van der Waals surface area contributed by atoms with Crippen molar-refractivity contribution in [3.05, 3.63) is 23.8 Å². The Balaban J connectivity index is 2.03. The van der Waals surface area contributed by atoms with Crippen molar-refractivity contribution in [1.82, 2.24) is 15.1 Å². The number of hydrogen-bond acceptors (Lipinski definition) is 5. The minimum Gasteiger partial charge on any atom is -0.497 e. The molecule has 0 bridgehead atoms. The molecular formula is C21H35N3O3S. The molecule has 0 aliphatic carbocycles. The molecule has 1 aromatic rings. The monoisotopic (exact) mass is 409 g/mol. The van der Waals surface area contributed by atoms with Crippen LogP contribution in [0.2, 0.25) is 0 Å². The van der Waals surface area contributed by atoms with Crippen LogP contribution in [-0.2, 0) is 11.3 Å². The maximum atomic E-state index is 5.73. The molecule has 1 unspecified atom stereocenters. The van der Waals surface area contributed by atoms with Gasteiger partial charge in [0, 0.05) is 50.4 Å². The van der Waals surface area contributed by atoms with E-state index >= 15 is 0 Å². The van der Waals surface area contributed by atoms with Crippen molar-refractivity contribution in [2.45, 2.75) is 39.3 Å². The van der Waals surface area contributed by atoms with Crippen molar-refractivity contribution in [3.63, 3.8) is 0 Å². The molecule has 0 spiro atoms. The number of hydrogen-bond donors (Lipinski definition) is 1. The first kappa shape index (κ1) is 22.7. The van der Waals surface area contributed by atoms with Crippen molar-refractivity contribution in [2.24, 2.45) is 0 Å². The maximum absolute atomic E-state index is 5.73. The molecule has 7 heteroatoms. The van der Waals surface area contributed by atoms with E-state index in [1.54, 1.807) is 14.2 Å². The van der Waals surface area contributed by atoms with Crippen LogP contribution in [0, 0.1) is 0 Å². The molecule has 1 heterocycles. The Bertz CT molecular complexity index is 609. The lowest BCUT2D eigenvalue weighted by Crippen LogP contribution is -2.44. The first-order chi connectivity index (χ1) is 13.6. The summed E-state index contributed by atoms with van der Waals surface area (Å²) in [5.74, 6) is 1.61. The van der Waals surface area contributed by atoms with Crippen LogP contribution in [0.15, 0.2) is 18.2 Å². The van der Waals surface area contributed by atoms with E-state index in [4.69, 9.17) is 26.4 Å². The van der Waals surface area contributed by atoms with Gasteiger partial charge in [-0.25, -0.2) is 0 Å². The quantitative estimate of drug-likeness (QED) is 0.596. The van der Waals surface area contributed by atoms with E-state index in [9.17, 15) is 0 Å². The van der Waals surface area contributed by atoms with Crippen molar-refractivity contribution >= 4 is 17.3 Å². The van der Waals surface area contributed by atoms with Crippen molar-refractivity contribution in [2.75, 3.05) is 53.6 Å². The molecule has 1 fully saturated rings. The molecule has 1 aliphatic rings. The SMILES string of the molecule is CCC(C)NC(=S)N(CCCN1CCOCC1)Cc1ccc(OC)cc1OC. The van der Waals surface area contributed by atoms with Crippen LogP contribution in [0.3, 0.4) is 0 Å². The second-order valence-electron chi connectivity index (χ2n) is 7.17. The van der Waals surface area contributed by atoms with Crippen LogP contribution in [0.4, 0.5) is 0 Å². The van der Waals surface area contributed by atoms with E-state index in [0.29, 0.717) is 12.6 Å². The highest BCUT2D eigenvalue weighted by molar-refractivity contribution is 7.80. The average Bonchev–Trinajstić information content (AvgIpc) is 2.73. The lowest BCUT2D eigenvalue weighted by Gasteiger charge is -2.31. The van der Waals surface area contributed by atoms with E-state index < -0.39 is 0 Å². The van der Waals surface area contributed by atoms with Gasteiger partial charge in [-0.3, -0.25) is 4.90 Å². The highest BCUT2D eigenvalue weighted by atomic mass is 32.1. The molecule has 158 valence electrons. The summed E-state index contributed by atoms with van der Waals surface area (Å²) in [6, 6.07) is 6.30. The van der Waals surface area contributed by atoms with E-state index in [2.05, 4.69) is 35.0 Å². The molecule has 28 heavy (non-hydrogen) atoms. The van der Waals surface area contributed by atoms with Gasteiger partial charge in [0.2, 0.25) is 0 Å². The number of nitrogens with one attached hydrogen (secondary N) is 1. The summed E-state index contributed by atoms with van der Waals surface area (Å²) in [5.41, 5.74) is 1.10. The number of thiocarbonyl (C=S) groups is 1. The zero-order valence-corrected chi connectivity index (χ0v) is 18.5. The van der Waals surface area contributed by atoms with Crippen LogP contribution in [0.5, 0.6) is 11.5 Å². The molecule has 0 radical (unpaired) electrons. The summed E-state index contributed by atoms with van der Waals surface area (Å²) in [7, 11) is 3.36. The van der Waals surface area contributed by atoms with Gasteiger partial charge in [-0.05, 0) is 44.1 Å². The third-order valence-corrected chi connectivity index (χ3v) is 5.51. The van der Waals surface area contributed by atoms with E-state index in [1.165, 1.54) is 0 Å². The Morgan fingerprint density at radius 2 is 2.04 bits per heavy atom. The van der Waals surface area contributed by atoms with Crippen molar-refractivity contribution in [3.8, 4) is 11.5 Å². The van der Waals surface area contributed by atoms with Gasteiger partial charge in [0.1, 0.15) is 11.5 Å². The van der Waals surface area contributed by atoms with Crippen molar-refractivity contribution in [1.29, 1.82) is 0 Å². The van der Waals surface area contributed by atoms with Gasteiger partial charge in [-0.1, -0.05) is 6.92 Å². The fraction of sp³-hybridized carbons (Fsp3) is 0.667. The topological polar surface area (TPSA) is 46.2 Å². The Labute approximate surface area is 175 Å². The summed E-state index contributed by atoms with van der Waals surface area (Å²) in [4.78, 5) is 4.70. The van der Waals surface area contributed by atoms with Crippen molar-refractivity contribution < 1.29 is 14.2 Å². The predicted molar refractivity (Wildman–Crippen MR) is 117 cm³/mol. The fourth-order valence-corrected chi connectivity index (χ4v) is 3.51. The van der Waals surface area contributed by atoms with Gasteiger partial charge in [0.15, 0.2) is 5.11 Å². The Kier molecular flexibility index (Phi) is 9.81. The molecule has 1 aliphatic heterocycles. The first-order valence-corrected chi connectivity index (χ1v) is 10.5. The maximum Gasteiger partial charge on any atom is 0.169 e. The zero-order valence-electron chi connectivity index (χ0n) is 17.7. The van der Waals surface area contributed by atoms with Gasteiger partial charge in [-0.15, -0.1) is 0 Å². The lowest BCUT2D eigenvalue weighted by atomic mass is 10.1. The van der Waals surface area contributed by atoms with E-state index in [-0.39, 0.29) is 0 Å². The van der Waals surface area contributed by atoms with Gasteiger partial charge < -0.3 is 24.4 Å². The van der Waals surface area contributed by atoms with Gasteiger partial charge in [-0.2, -0.15) is 0 Å². The number of methoxy groups -OCH3 is 2. The zero-order chi connectivity index (χ0) is 20.4. The second-order valence-corrected chi connectivity index (χ2v) is 7.55. The van der Waals surface area contributed by atoms with Crippen LogP contribution in [0.25, 0.3) is 0 Å². The number of benzene rings is 1. The third-order valence-electron chi connectivity index (χ3n) is 5.13. The summed E-state index contributed by atoms with van der Waals surface area (Å²) < 4.78 is 16.3. The third kappa shape index (κ3) is 7.11. The minimum absolute atomic E-state index is 0.354. The minimum atomic E-state index is 0.354. The van der Waals surface area contributed by atoms with Crippen LogP contribution in [-0.4, -0.2) is 74.6 Å². The molecule has 0 aromatic heterocycles. The lowest BCUT2D eigenvalue weighted by molar-refractivity contribution is 0.0367. The summed E-state index contributed by atoms with van der Waals surface area (Å²) in [5, 5.41) is 4.26. The normalized spacial score (nSPS) is 15.7. The van der Waals surface area contributed by atoms with Crippen LogP contribution < -0.4 is 14.8 Å². The largest absolute Gasteiger partial charge is 0.497 e. The summed E-state index contributed by atoms with van der Waals surface area (Å²) in [6.07, 6.45) is 2.09. The first-order valence-electron chi connectivity index (χ1n) is 10.1. The van der Waals surface area contributed by atoms with Crippen LogP contribution >= 0.6 is 12.2 Å². The Morgan fingerprint density at radius 1 is 1.29 bits per heavy atom. The summed E-state index contributed by atoms with van der Waals surface area (Å²) in [6.45, 7) is 10.7. The molecule has 1 saturated heterocycles. The Morgan fingerprint density at radius 3 is 2.68 bits per heavy atom. The molecule has 2 rings (SSSR count). The standard InChI is InChI=1S/C21H35N3O3S/c1-5-17(2)22-21(28)24(10-6-9-23-11-13-27-14-12-23)16-18-7-8-19(25-3)15-20(18)26-4/h7-8,15,17H,5-6,9-14,16H2,1-4H3,(H,22,28). The number of rotatable bonds is 10. The number of morpholine rings is 1. The second kappa shape index (κ2) is 12.1. The highest BCUT2D eigenvalue weighted by Crippen LogP contribution is 2.26. The molecule has 0 saturated carbocycles. The fourth-order valence-electron chi connectivity index (χ4n) is 3.15. The van der Waals surface area contributed by atoms with Gasteiger partial charge in [0.05, 0.1) is 27.4 Å². The number of nitrogens with zero attached hydrogens (tertiary/aromatic N) is 2. The Hall–Kier alpha value is -1.57.